The number of nitrogens with zero attached hydrogens (tertiary/aromatic N) is 1. The third-order valence-corrected chi connectivity index (χ3v) is 6.63. The third kappa shape index (κ3) is 3.09. The van der Waals surface area contributed by atoms with Gasteiger partial charge in [0.25, 0.3) is 5.91 Å². The van der Waals surface area contributed by atoms with E-state index in [1.165, 1.54) is 29.7 Å². The van der Waals surface area contributed by atoms with E-state index >= 15 is 0 Å². The van der Waals surface area contributed by atoms with Crippen molar-refractivity contribution in [3.8, 4) is 0 Å². The van der Waals surface area contributed by atoms with Gasteiger partial charge in [-0.15, -0.1) is 11.3 Å². The Morgan fingerprint density at radius 2 is 2.09 bits per heavy atom. The number of rotatable bonds is 4. The third-order valence-electron chi connectivity index (χ3n) is 5.41. The van der Waals surface area contributed by atoms with Crippen molar-refractivity contribution in [2.45, 2.75) is 52.4 Å². The number of carbonyl (C=O) groups is 1. The maximum atomic E-state index is 12.8. The quantitative estimate of drug-likeness (QED) is 0.921. The number of thiophene rings is 1. The van der Waals surface area contributed by atoms with Gasteiger partial charge in [-0.1, -0.05) is 20.3 Å². The molecule has 3 heterocycles. The van der Waals surface area contributed by atoms with Crippen LogP contribution in [-0.4, -0.2) is 37.0 Å². The molecule has 4 heteroatoms. The van der Waals surface area contributed by atoms with Crippen molar-refractivity contribution < 1.29 is 4.79 Å². The van der Waals surface area contributed by atoms with E-state index in [-0.39, 0.29) is 5.91 Å². The topological polar surface area (TPSA) is 32.3 Å². The van der Waals surface area contributed by atoms with Crippen molar-refractivity contribution >= 4 is 17.2 Å². The van der Waals surface area contributed by atoms with Gasteiger partial charge in [-0.05, 0) is 55.7 Å². The van der Waals surface area contributed by atoms with Crippen LogP contribution in [0.5, 0.6) is 0 Å². The monoisotopic (exact) mass is 320 g/mol. The minimum absolute atomic E-state index is 0.267. The largest absolute Gasteiger partial charge is 0.338 e. The number of nitrogens with one attached hydrogen (secondary N) is 1. The van der Waals surface area contributed by atoms with Crippen LogP contribution in [0.3, 0.4) is 0 Å². The lowest BCUT2D eigenvalue weighted by Gasteiger charge is -2.38. The molecule has 22 heavy (non-hydrogen) atoms. The van der Waals surface area contributed by atoms with E-state index < -0.39 is 0 Å². The summed E-state index contributed by atoms with van der Waals surface area (Å²) in [4.78, 5) is 17.3. The van der Waals surface area contributed by atoms with Gasteiger partial charge in [-0.2, -0.15) is 0 Å². The van der Waals surface area contributed by atoms with E-state index in [1.54, 1.807) is 11.3 Å². The van der Waals surface area contributed by atoms with E-state index in [4.69, 9.17) is 0 Å². The Hall–Kier alpha value is -0.870. The fraction of sp³-hybridized carbons (Fsp3) is 0.722. The molecule has 3 rings (SSSR count). The minimum atomic E-state index is 0.267. The number of aryl methyl sites for hydroxylation is 2. The van der Waals surface area contributed by atoms with Crippen molar-refractivity contribution in [3.63, 3.8) is 0 Å². The molecule has 2 aliphatic rings. The lowest BCUT2D eigenvalue weighted by atomic mass is 9.78. The number of amides is 1. The molecule has 0 aromatic carbocycles. The summed E-state index contributed by atoms with van der Waals surface area (Å²) in [6, 6.07) is 2.15. The fourth-order valence-electron chi connectivity index (χ4n) is 3.87. The molecule has 3 nitrogen and oxygen atoms in total. The molecule has 0 aliphatic carbocycles. The van der Waals surface area contributed by atoms with E-state index in [1.807, 2.05) is 0 Å². The molecule has 2 saturated heterocycles. The van der Waals surface area contributed by atoms with Crippen LogP contribution in [0.4, 0.5) is 0 Å². The first kappa shape index (κ1) is 16.0. The zero-order valence-corrected chi connectivity index (χ0v) is 14.7. The van der Waals surface area contributed by atoms with Gasteiger partial charge in [-0.25, -0.2) is 0 Å². The van der Waals surface area contributed by atoms with Crippen molar-refractivity contribution in [3.05, 3.63) is 21.4 Å². The summed E-state index contributed by atoms with van der Waals surface area (Å²) in [5, 5.41) is 3.49. The summed E-state index contributed by atoms with van der Waals surface area (Å²) in [5.41, 5.74) is 1.86. The molecule has 2 aliphatic heterocycles. The maximum Gasteiger partial charge on any atom is 0.263 e. The molecule has 0 radical (unpaired) electrons. The summed E-state index contributed by atoms with van der Waals surface area (Å²) < 4.78 is 0. The molecule has 1 spiro atoms. The average molecular weight is 321 g/mol. The first-order valence-corrected chi connectivity index (χ1v) is 9.60. The number of hydrogen-bond acceptors (Lipinski definition) is 3. The molecule has 0 bridgehead atoms. The molecule has 0 atom stereocenters. The minimum Gasteiger partial charge on any atom is -0.338 e. The van der Waals surface area contributed by atoms with Gasteiger partial charge in [0.05, 0.1) is 4.88 Å². The molecule has 1 aromatic rings. The van der Waals surface area contributed by atoms with Crippen LogP contribution in [-0.2, 0) is 12.8 Å². The SMILES string of the molecule is CCCc1sc(C(=O)N2CCC3(CCNC3)CC2)cc1CC. The number of likely N-dealkylation sites (tertiary alicyclic amines) is 1. The predicted molar refractivity (Wildman–Crippen MR) is 92.7 cm³/mol. The first-order valence-electron chi connectivity index (χ1n) is 8.79. The van der Waals surface area contributed by atoms with Crippen LogP contribution >= 0.6 is 11.3 Å². The molecule has 0 unspecified atom stereocenters. The van der Waals surface area contributed by atoms with Gasteiger partial charge in [0, 0.05) is 24.5 Å². The molecule has 2 fully saturated rings. The average Bonchev–Trinajstić information content (AvgIpc) is 3.15. The molecule has 0 saturated carbocycles. The Kier molecular flexibility index (Phi) is 4.88. The zero-order chi connectivity index (χ0) is 15.6. The van der Waals surface area contributed by atoms with Gasteiger partial charge in [0.2, 0.25) is 0 Å². The number of carbonyl (C=O) groups excluding carboxylic acids is 1. The summed E-state index contributed by atoms with van der Waals surface area (Å²) >= 11 is 1.73. The van der Waals surface area contributed by atoms with Crippen LogP contribution in [0.15, 0.2) is 6.07 Å². The van der Waals surface area contributed by atoms with E-state index in [0.29, 0.717) is 5.41 Å². The highest BCUT2D eigenvalue weighted by molar-refractivity contribution is 7.14. The summed E-state index contributed by atoms with van der Waals surface area (Å²) in [5.74, 6) is 0.267. The Labute approximate surface area is 138 Å². The van der Waals surface area contributed by atoms with Crippen LogP contribution < -0.4 is 5.32 Å². The summed E-state index contributed by atoms with van der Waals surface area (Å²) in [7, 11) is 0. The van der Waals surface area contributed by atoms with Crippen LogP contribution in [0.25, 0.3) is 0 Å². The van der Waals surface area contributed by atoms with Gasteiger partial charge in [-0.3, -0.25) is 4.79 Å². The first-order chi connectivity index (χ1) is 10.7. The molecule has 1 aromatic heterocycles. The van der Waals surface area contributed by atoms with E-state index in [0.717, 1.165) is 50.3 Å². The van der Waals surface area contributed by atoms with Crippen LogP contribution in [0, 0.1) is 5.41 Å². The van der Waals surface area contributed by atoms with E-state index in [9.17, 15) is 4.79 Å². The van der Waals surface area contributed by atoms with Crippen molar-refractivity contribution in [2.75, 3.05) is 26.2 Å². The molecule has 1 amide bonds. The smallest absolute Gasteiger partial charge is 0.263 e. The Bertz CT molecular complexity index is 521. The predicted octanol–water partition coefficient (Wildman–Crippen LogP) is 3.48. The second-order valence-electron chi connectivity index (χ2n) is 6.88. The van der Waals surface area contributed by atoms with Crippen LogP contribution in [0.2, 0.25) is 0 Å². The molecular formula is C18H28N2OS. The molecule has 1 N–H and O–H groups in total. The standard InChI is InChI=1S/C18H28N2OS/c1-3-5-15-14(4-2)12-16(22-15)17(21)20-10-7-18(8-11-20)6-9-19-13-18/h12,19H,3-11,13H2,1-2H3. The second-order valence-corrected chi connectivity index (χ2v) is 8.02. The van der Waals surface area contributed by atoms with Crippen molar-refractivity contribution in [1.29, 1.82) is 0 Å². The van der Waals surface area contributed by atoms with Gasteiger partial charge >= 0.3 is 0 Å². The molecule has 122 valence electrons. The van der Waals surface area contributed by atoms with Gasteiger partial charge < -0.3 is 10.2 Å². The normalized spacial score (nSPS) is 20.7. The van der Waals surface area contributed by atoms with Crippen LogP contribution in [0.1, 0.15) is 59.6 Å². The van der Waals surface area contributed by atoms with E-state index in [2.05, 4.69) is 30.1 Å². The number of hydrogen-bond donors (Lipinski definition) is 1. The maximum absolute atomic E-state index is 12.8. The Balaban J connectivity index is 1.67. The lowest BCUT2D eigenvalue weighted by molar-refractivity contribution is 0.0612. The highest BCUT2D eigenvalue weighted by atomic mass is 32.1. The molecular weight excluding hydrogens is 292 g/mol. The zero-order valence-electron chi connectivity index (χ0n) is 13.9. The fourth-order valence-corrected chi connectivity index (χ4v) is 5.20. The summed E-state index contributed by atoms with van der Waals surface area (Å²) in [6.45, 7) is 8.56. The highest BCUT2D eigenvalue weighted by Crippen LogP contribution is 2.37. The Morgan fingerprint density at radius 3 is 2.68 bits per heavy atom. The lowest BCUT2D eigenvalue weighted by Crippen LogP contribution is -2.43. The second kappa shape index (κ2) is 6.71. The summed E-state index contributed by atoms with van der Waals surface area (Å²) in [6.07, 6.45) is 6.91. The van der Waals surface area contributed by atoms with Gasteiger partial charge in [0.15, 0.2) is 0 Å². The van der Waals surface area contributed by atoms with Crippen molar-refractivity contribution in [1.82, 2.24) is 10.2 Å². The number of piperidine rings is 1. The van der Waals surface area contributed by atoms with Gasteiger partial charge in [0.1, 0.15) is 0 Å². The Morgan fingerprint density at radius 1 is 1.32 bits per heavy atom. The van der Waals surface area contributed by atoms with Crippen molar-refractivity contribution in [2.24, 2.45) is 5.41 Å². The highest BCUT2D eigenvalue weighted by Gasteiger charge is 2.38.